The van der Waals surface area contributed by atoms with Crippen LogP contribution in [0.25, 0.3) is 10.7 Å². The van der Waals surface area contributed by atoms with Crippen LogP contribution in [0.3, 0.4) is 0 Å². The first-order valence-corrected chi connectivity index (χ1v) is 6.17. The van der Waals surface area contributed by atoms with Gasteiger partial charge in [-0.05, 0) is 25.5 Å². The SMILES string of the molecule is CCc1ccc(-c2nc(C)cc(NC)n2)s1. The van der Waals surface area contributed by atoms with Crippen molar-refractivity contribution in [3.05, 3.63) is 28.8 Å². The zero-order valence-corrected chi connectivity index (χ0v) is 10.6. The number of anilines is 1. The van der Waals surface area contributed by atoms with Crippen molar-refractivity contribution >= 4 is 17.2 Å². The third-order valence-electron chi connectivity index (χ3n) is 2.34. The lowest BCUT2D eigenvalue weighted by Gasteiger charge is -2.03. The zero-order chi connectivity index (χ0) is 11.5. The molecule has 2 aromatic heterocycles. The van der Waals surface area contributed by atoms with Crippen LogP contribution in [0.15, 0.2) is 18.2 Å². The van der Waals surface area contributed by atoms with E-state index in [4.69, 9.17) is 0 Å². The molecule has 0 bridgehead atoms. The van der Waals surface area contributed by atoms with Crippen LogP contribution in [-0.2, 0) is 6.42 Å². The number of hydrogen-bond donors (Lipinski definition) is 1. The second kappa shape index (κ2) is 4.61. The Morgan fingerprint density at radius 3 is 2.75 bits per heavy atom. The van der Waals surface area contributed by atoms with Crippen LogP contribution in [0.5, 0.6) is 0 Å². The molecule has 0 aliphatic carbocycles. The lowest BCUT2D eigenvalue weighted by atomic mass is 10.3. The van der Waals surface area contributed by atoms with Crippen molar-refractivity contribution in [2.45, 2.75) is 20.3 Å². The lowest BCUT2D eigenvalue weighted by Crippen LogP contribution is -1.97. The van der Waals surface area contributed by atoms with E-state index in [0.717, 1.165) is 28.6 Å². The molecule has 0 saturated heterocycles. The van der Waals surface area contributed by atoms with Gasteiger partial charge in [0.15, 0.2) is 5.82 Å². The predicted molar refractivity (Wildman–Crippen MR) is 69.0 cm³/mol. The minimum Gasteiger partial charge on any atom is -0.373 e. The Hall–Kier alpha value is -1.42. The van der Waals surface area contributed by atoms with Gasteiger partial charge < -0.3 is 5.32 Å². The second-order valence-electron chi connectivity index (χ2n) is 3.59. The second-order valence-corrected chi connectivity index (χ2v) is 4.76. The number of hydrogen-bond acceptors (Lipinski definition) is 4. The molecule has 2 heterocycles. The molecule has 0 amide bonds. The summed E-state index contributed by atoms with van der Waals surface area (Å²) in [6.07, 6.45) is 1.06. The number of nitrogens with zero attached hydrogens (tertiary/aromatic N) is 2. The van der Waals surface area contributed by atoms with Crippen LogP contribution < -0.4 is 5.32 Å². The van der Waals surface area contributed by atoms with Crippen molar-refractivity contribution in [1.29, 1.82) is 0 Å². The van der Waals surface area contributed by atoms with Gasteiger partial charge in [-0.2, -0.15) is 0 Å². The first kappa shape index (κ1) is 11.1. The van der Waals surface area contributed by atoms with Crippen molar-refractivity contribution in [1.82, 2.24) is 9.97 Å². The summed E-state index contributed by atoms with van der Waals surface area (Å²) in [5.41, 5.74) is 0.987. The summed E-state index contributed by atoms with van der Waals surface area (Å²) in [7, 11) is 1.87. The lowest BCUT2D eigenvalue weighted by molar-refractivity contribution is 1.11. The van der Waals surface area contributed by atoms with Crippen molar-refractivity contribution in [2.24, 2.45) is 0 Å². The third-order valence-corrected chi connectivity index (χ3v) is 3.57. The number of rotatable bonds is 3. The van der Waals surface area contributed by atoms with Gasteiger partial charge in [0.2, 0.25) is 0 Å². The van der Waals surface area contributed by atoms with Gasteiger partial charge in [0.25, 0.3) is 0 Å². The Labute approximate surface area is 99.6 Å². The molecule has 0 aromatic carbocycles. The summed E-state index contributed by atoms with van der Waals surface area (Å²) in [5, 5.41) is 3.05. The maximum atomic E-state index is 4.46. The van der Waals surface area contributed by atoms with Gasteiger partial charge in [-0.3, -0.25) is 0 Å². The van der Waals surface area contributed by atoms with Crippen LogP contribution in [0.4, 0.5) is 5.82 Å². The van der Waals surface area contributed by atoms with Crippen molar-refractivity contribution < 1.29 is 0 Å². The zero-order valence-electron chi connectivity index (χ0n) is 9.74. The van der Waals surface area contributed by atoms with Crippen LogP contribution in [-0.4, -0.2) is 17.0 Å². The fourth-order valence-corrected chi connectivity index (χ4v) is 2.38. The van der Waals surface area contributed by atoms with Crippen LogP contribution in [0.1, 0.15) is 17.5 Å². The molecule has 16 heavy (non-hydrogen) atoms. The van der Waals surface area contributed by atoms with Gasteiger partial charge in [-0.15, -0.1) is 11.3 Å². The van der Waals surface area contributed by atoms with E-state index >= 15 is 0 Å². The maximum absolute atomic E-state index is 4.46. The minimum absolute atomic E-state index is 0.814. The van der Waals surface area contributed by atoms with E-state index in [1.165, 1.54) is 4.88 Å². The van der Waals surface area contributed by atoms with E-state index in [0.29, 0.717) is 0 Å². The molecule has 0 unspecified atom stereocenters. The Morgan fingerprint density at radius 2 is 2.12 bits per heavy atom. The first-order valence-electron chi connectivity index (χ1n) is 5.35. The molecular weight excluding hydrogens is 218 g/mol. The molecule has 0 spiro atoms. The number of nitrogens with one attached hydrogen (secondary N) is 1. The molecule has 4 heteroatoms. The average Bonchev–Trinajstić information content (AvgIpc) is 2.76. The van der Waals surface area contributed by atoms with Gasteiger partial charge >= 0.3 is 0 Å². The van der Waals surface area contributed by atoms with Crippen molar-refractivity contribution in [2.75, 3.05) is 12.4 Å². The standard InChI is InChI=1S/C12H15N3S/c1-4-9-5-6-10(16-9)12-14-8(2)7-11(13-3)15-12/h5-7H,4H2,1-3H3,(H,13,14,15). The van der Waals surface area contributed by atoms with Crippen LogP contribution >= 0.6 is 11.3 Å². The van der Waals surface area contributed by atoms with Crippen molar-refractivity contribution in [3.8, 4) is 10.7 Å². The highest BCUT2D eigenvalue weighted by Gasteiger charge is 2.06. The molecule has 0 fully saturated rings. The summed E-state index contributed by atoms with van der Waals surface area (Å²) in [5.74, 6) is 1.68. The predicted octanol–water partition coefficient (Wildman–Crippen LogP) is 3.12. The maximum Gasteiger partial charge on any atom is 0.171 e. The Balaban J connectivity index is 2.42. The Kier molecular flexibility index (Phi) is 3.19. The van der Waals surface area contributed by atoms with E-state index in [2.05, 4.69) is 34.3 Å². The largest absolute Gasteiger partial charge is 0.373 e. The molecular formula is C12H15N3S. The van der Waals surface area contributed by atoms with E-state index in [1.54, 1.807) is 11.3 Å². The summed E-state index contributed by atoms with van der Waals surface area (Å²) >= 11 is 1.76. The number of thiophene rings is 1. The van der Waals surface area contributed by atoms with Gasteiger partial charge in [0, 0.05) is 23.7 Å². The summed E-state index contributed by atoms with van der Waals surface area (Å²) < 4.78 is 0. The number of aromatic nitrogens is 2. The molecule has 0 atom stereocenters. The molecule has 3 nitrogen and oxygen atoms in total. The first-order chi connectivity index (χ1) is 7.72. The molecule has 1 N–H and O–H groups in total. The summed E-state index contributed by atoms with van der Waals surface area (Å²) in [6.45, 7) is 4.14. The molecule has 0 saturated carbocycles. The van der Waals surface area contributed by atoms with Gasteiger partial charge in [0.05, 0.1) is 4.88 Å². The highest BCUT2D eigenvalue weighted by atomic mass is 32.1. The number of aryl methyl sites for hydroxylation is 2. The summed E-state index contributed by atoms with van der Waals surface area (Å²) in [6, 6.07) is 6.18. The molecule has 2 aromatic rings. The van der Waals surface area contributed by atoms with Gasteiger partial charge in [-0.25, -0.2) is 9.97 Å². The summed E-state index contributed by atoms with van der Waals surface area (Å²) in [4.78, 5) is 11.4. The molecule has 0 aliphatic heterocycles. The fraction of sp³-hybridized carbons (Fsp3) is 0.333. The molecule has 0 radical (unpaired) electrons. The van der Waals surface area contributed by atoms with Crippen LogP contribution in [0.2, 0.25) is 0 Å². The quantitative estimate of drug-likeness (QED) is 0.885. The normalized spacial score (nSPS) is 10.4. The van der Waals surface area contributed by atoms with Crippen LogP contribution in [0, 0.1) is 6.92 Å². The topological polar surface area (TPSA) is 37.8 Å². The average molecular weight is 233 g/mol. The highest BCUT2D eigenvalue weighted by Crippen LogP contribution is 2.26. The highest BCUT2D eigenvalue weighted by molar-refractivity contribution is 7.15. The Bertz CT molecular complexity index is 491. The minimum atomic E-state index is 0.814. The molecule has 2 rings (SSSR count). The van der Waals surface area contributed by atoms with E-state index in [9.17, 15) is 0 Å². The molecule has 0 aliphatic rings. The Morgan fingerprint density at radius 1 is 1.31 bits per heavy atom. The van der Waals surface area contributed by atoms with Gasteiger partial charge in [-0.1, -0.05) is 6.92 Å². The fourth-order valence-electron chi connectivity index (χ4n) is 1.49. The monoisotopic (exact) mass is 233 g/mol. The van der Waals surface area contributed by atoms with Gasteiger partial charge in [0.1, 0.15) is 5.82 Å². The smallest absolute Gasteiger partial charge is 0.171 e. The van der Waals surface area contributed by atoms with E-state index in [-0.39, 0.29) is 0 Å². The third kappa shape index (κ3) is 2.22. The molecule has 84 valence electrons. The van der Waals surface area contributed by atoms with E-state index < -0.39 is 0 Å². The van der Waals surface area contributed by atoms with E-state index in [1.807, 2.05) is 20.0 Å². The van der Waals surface area contributed by atoms with Crippen molar-refractivity contribution in [3.63, 3.8) is 0 Å².